The van der Waals surface area contributed by atoms with Crippen molar-refractivity contribution in [3.63, 3.8) is 0 Å². The van der Waals surface area contributed by atoms with Crippen LogP contribution in [0.3, 0.4) is 0 Å². The molecule has 0 heterocycles. The van der Waals surface area contributed by atoms with Gasteiger partial charge in [-0.25, -0.2) is 21.5 Å². The maximum atomic E-state index is 13.6. The summed E-state index contributed by atoms with van der Waals surface area (Å²) in [4.78, 5) is 12.3. The SMILES string of the molecule is C[C@@H](SCc1cccc(S(=O)(=O)N(C)C)c1)C(=O)Nc1c(F)cccc1F. The van der Waals surface area contributed by atoms with Crippen LogP contribution in [0.1, 0.15) is 12.5 Å². The number of amides is 1. The van der Waals surface area contributed by atoms with Gasteiger partial charge in [0.1, 0.15) is 17.3 Å². The minimum absolute atomic E-state index is 0.163. The predicted octanol–water partition coefficient (Wildman–Crippen LogP) is 3.48. The summed E-state index contributed by atoms with van der Waals surface area (Å²) in [5, 5.41) is 1.65. The first-order chi connectivity index (χ1) is 12.6. The highest BCUT2D eigenvalue weighted by atomic mass is 32.2. The van der Waals surface area contributed by atoms with Gasteiger partial charge in [-0.1, -0.05) is 18.2 Å². The maximum absolute atomic E-state index is 13.6. The Balaban J connectivity index is 2.03. The molecule has 0 aliphatic heterocycles. The first-order valence-electron chi connectivity index (χ1n) is 8.01. The van der Waals surface area contributed by atoms with Crippen LogP contribution in [0.2, 0.25) is 0 Å². The van der Waals surface area contributed by atoms with Gasteiger partial charge in [0.05, 0.1) is 10.1 Å². The van der Waals surface area contributed by atoms with Crippen molar-refractivity contribution in [1.29, 1.82) is 0 Å². The molecule has 0 bridgehead atoms. The first-order valence-corrected chi connectivity index (χ1v) is 10.5. The Morgan fingerprint density at radius 2 is 1.74 bits per heavy atom. The Hall–Kier alpha value is -1.97. The lowest BCUT2D eigenvalue weighted by atomic mass is 10.2. The van der Waals surface area contributed by atoms with Crippen LogP contribution in [-0.2, 0) is 20.6 Å². The number of carbonyl (C=O) groups is 1. The monoisotopic (exact) mass is 414 g/mol. The molecule has 0 saturated carbocycles. The van der Waals surface area contributed by atoms with Crippen LogP contribution in [0, 0.1) is 11.6 Å². The van der Waals surface area contributed by atoms with E-state index in [2.05, 4.69) is 5.32 Å². The van der Waals surface area contributed by atoms with Crippen molar-refractivity contribution in [2.75, 3.05) is 19.4 Å². The number of anilines is 1. The third-order valence-electron chi connectivity index (χ3n) is 3.76. The Kier molecular flexibility index (Phi) is 6.96. The van der Waals surface area contributed by atoms with E-state index in [1.807, 2.05) is 0 Å². The fourth-order valence-corrected chi connectivity index (χ4v) is 3.95. The largest absolute Gasteiger partial charge is 0.320 e. The van der Waals surface area contributed by atoms with Gasteiger partial charge in [0.15, 0.2) is 0 Å². The van der Waals surface area contributed by atoms with Crippen LogP contribution in [0.5, 0.6) is 0 Å². The number of sulfonamides is 1. The molecule has 0 saturated heterocycles. The molecule has 0 fully saturated rings. The minimum atomic E-state index is -3.54. The summed E-state index contributed by atoms with van der Waals surface area (Å²) < 4.78 is 52.7. The highest BCUT2D eigenvalue weighted by Crippen LogP contribution is 2.24. The molecular formula is C18H20F2N2O3S2. The zero-order valence-electron chi connectivity index (χ0n) is 15.1. The number of halogens is 2. The summed E-state index contributed by atoms with van der Waals surface area (Å²) in [5.41, 5.74) is 0.244. The zero-order chi connectivity index (χ0) is 20.2. The van der Waals surface area contributed by atoms with E-state index in [9.17, 15) is 22.0 Å². The number of hydrogen-bond donors (Lipinski definition) is 1. The molecule has 146 valence electrons. The molecule has 0 aliphatic rings. The molecule has 2 aromatic rings. The lowest BCUT2D eigenvalue weighted by Gasteiger charge is -2.14. The van der Waals surface area contributed by atoms with Crippen LogP contribution >= 0.6 is 11.8 Å². The van der Waals surface area contributed by atoms with Gasteiger partial charge >= 0.3 is 0 Å². The molecule has 5 nitrogen and oxygen atoms in total. The number of thioether (sulfide) groups is 1. The molecule has 9 heteroatoms. The number of nitrogens with one attached hydrogen (secondary N) is 1. The second-order valence-corrected chi connectivity index (χ2v) is 9.45. The molecule has 0 spiro atoms. The normalized spacial score (nSPS) is 12.8. The molecular weight excluding hydrogens is 394 g/mol. The minimum Gasteiger partial charge on any atom is -0.320 e. The Labute approximate surface area is 161 Å². The van der Waals surface area contributed by atoms with E-state index in [0.29, 0.717) is 5.75 Å². The Morgan fingerprint density at radius 1 is 1.15 bits per heavy atom. The second-order valence-electron chi connectivity index (χ2n) is 5.97. The van der Waals surface area contributed by atoms with Crippen LogP contribution in [-0.4, -0.2) is 38.0 Å². The fraction of sp³-hybridized carbons (Fsp3) is 0.278. The quantitative estimate of drug-likeness (QED) is 0.753. The van der Waals surface area contributed by atoms with Crippen molar-refractivity contribution in [2.45, 2.75) is 22.8 Å². The van der Waals surface area contributed by atoms with E-state index >= 15 is 0 Å². The van der Waals surface area contributed by atoms with Crippen molar-refractivity contribution in [1.82, 2.24) is 4.31 Å². The highest BCUT2D eigenvalue weighted by molar-refractivity contribution is 7.99. The third-order valence-corrected chi connectivity index (χ3v) is 6.78. The van der Waals surface area contributed by atoms with Gasteiger partial charge in [-0.2, -0.15) is 0 Å². The highest BCUT2D eigenvalue weighted by Gasteiger charge is 2.19. The van der Waals surface area contributed by atoms with Crippen molar-refractivity contribution in [3.8, 4) is 0 Å². The molecule has 27 heavy (non-hydrogen) atoms. The maximum Gasteiger partial charge on any atom is 0.242 e. The second kappa shape index (κ2) is 8.81. The van der Waals surface area contributed by atoms with E-state index in [1.54, 1.807) is 25.1 Å². The summed E-state index contributed by atoms with van der Waals surface area (Å²) in [7, 11) is -0.644. The van der Waals surface area contributed by atoms with Crippen LogP contribution in [0.25, 0.3) is 0 Å². The zero-order valence-corrected chi connectivity index (χ0v) is 16.7. The lowest BCUT2D eigenvalue weighted by molar-refractivity contribution is -0.115. The van der Waals surface area contributed by atoms with Gasteiger partial charge in [-0.15, -0.1) is 11.8 Å². The van der Waals surface area contributed by atoms with E-state index in [-0.39, 0.29) is 4.90 Å². The number of benzene rings is 2. The number of para-hydroxylation sites is 1. The van der Waals surface area contributed by atoms with E-state index in [1.165, 1.54) is 38.0 Å². The van der Waals surface area contributed by atoms with Gasteiger partial charge in [0.2, 0.25) is 15.9 Å². The van der Waals surface area contributed by atoms with Gasteiger partial charge in [0, 0.05) is 19.8 Å². The van der Waals surface area contributed by atoms with E-state index < -0.39 is 38.5 Å². The molecule has 2 aromatic carbocycles. The standard InChI is InChI=1S/C18H20F2N2O3S2/c1-12(18(23)21-17-15(19)8-5-9-16(17)20)26-11-13-6-4-7-14(10-13)27(24,25)22(2)3/h4-10,12H,11H2,1-3H3,(H,21,23)/t12-/m1/s1. The fourth-order valence-electron chi connectivity index (χ4n) is 2.15. The van der Waals surface area contributed by atoms with Gasteiger partial charge in [0.25, 0.3) is 0 Å². The van der Waals surface area contributed by atoms with Gasteiger partial charge < -0.3 is 5.32 Å². The molecule has 1 atom stereocenters. The summed E-state index contributed by atoms with van der Waals surface area (Å²) in [6.45, 7) is 1.61. The number of rotatable bonds is 7. The van der Waals surface area contributed by atoms with Crippen molar-refractivity contribution in [3.05, 3.63) is 59.7 Å². The Bertz CT molecular complexity index is 914. The number of nitrogens with zero attached hydrogens (tertiary/aromatic N) is 1. The van der Waals surface area contributed by atoms with Gasteiger partial charge in [-0.05, 0) is 36.8 Å². The van der Waals surface area contributed by atoms with Crippen LogP contribution in [0.4, 0.5) is 14.5 Å². The first kappa shape index (κ1) is 21.3. The van der Waals surface area contributed by atoms with Crippen LogP contribution in [0.15, 0.2) is 47.4 Å². The summed E-state index contributed by atoms with van der Waals surface area (Å²) in [5.74, 6) is -1.86. The molecule has 1 amide bonds. The molecule has 0 unspecified atom stereocenters. The predicted molar refractivity (Wildman–Crippen MR) is 103 cm³/mol. The summed E-state index contributed by atoms with van der Waals surface area (Å²) >= 11 is 1.23. The molecule has 0 aliphatic carbocycles. The average Bonchev–Trinajstić information content (AvgIpc) is 2.62. The molecule has 2 rings (SSSR count). The number of carbonyl (C=O) groups excluding carboxylic acids is 1. The van der Waals surface area contributed by atoms with Crippen molar-refractivity contribution in [2.24, 2.45) is 0 Å². The van der Waals surface area contributed by atoms with E-state index in [4.69, 9.17) is 0 Å². The summed E-state index contributed by atoms with van der Waals surface area (Å²) in [6, 6.07) is 9.77. The van der Waals surface area contributed by atoms with Crippen LogP contribution < -0.4 is 5.32 Å². The van der Waals surface area contributed by atoms with E-state index in [0.717, 1.165) is 22.0 Å². The topological polar surface area (TPSA) is 66.5 Å². The lowest BCUT2D eigenvalue weighted by Crippen LogP contribution is -2.24. The Morgan fingerprint density at radius 3 is 2.33 bits per heavy atom. The third kappa shape index (κ3) is 5.27. The van der Waals surface area contributed by atoms with Gasteiger partial charge in [-0.3, -0.25) is 4.79 Å². The summed E-state index contributed by atoms with van der Waals surface area (Å²) in [6.07, 6.45) is 0. The smallest absolute Gasteiger partial charge is 0.242 e. The molecule has 0 aromatic heterocycles. The van der Waals surface area contributed by atoms with Crippen molar-refractivity contribution < 1.29 is 22.0 Å². The average molecular weight is 414 g/mol. The van der Waals surface area contributed by atoms with Crippen molar-refractivity contribution >= 4 is 33.4 Å². The molecule has 1 N–H and O–H groups in total. The molecule has 0 radical (unpaired) electrons. The number of hydrogen-bond acceptors (Lipinski definition) is 4.